The van der Waals surface area contributed by atoms with Crippen molar-refractivity contribution in [3.05, 3.63) is 48.4 Å². The van der Waals surface area contributed by atoms with Crippen LogP contribution in [0.25, 0.3) is 0 Å². The summed E-state index contributed by atoms with van der Waals surface area (Å²) in [6, 6.07) is 0. The summed E-state index contributed by atoms with van der Waals surface area (Å²) in [5, 5.41) is 0. The average Bonchev–Trinajstić information content (AvgIpc) is 2.03. The van der Waals surface area contributed by atoms with Crippen molar-refractivity contribution in [1.29, 1.82) is 0 Å². The predicted molar refractivity (Wildman–Crippen MR) is 53.7 cm³/mol. The lowest BCUT2D eigenvalue weighted by Gasteiger charge is -1.97. The van der Waals surface area contributed by atoms with E-state index < -0.39 is 0 Å². The molecule has 0 aromatic carbocycles. The molecule has 0 unspecified atom stereocenters. The zero-order valence-electron chi connectivity index (χ0n) is 7.30. The van der Waals surface area contributed by atoms with E-state index in [2.05, 4.69) is 33.4 Å². The zero-order valence-corrected chi connectivity index (χ0v) is 7.30. The quantitative estimate of drug-likeness (QED) is 0.421. The van der Waals surface area contributed by atoms with Crippen LogP contribution in [-0.2, 0) is 0 Å². The lowest BCUT2D eigenvalue weighted by atomic mass is 9.63. The number of hydrogen-bond acceptors (Lipinski definition) is 0. The van der Waals surface area contributed by atoms with E-state index in [0.717, 1.165) is 5.47 Å². The third-order valence-electron chi connectivity index (χ3n) is 1.40. The molecule has 0 aromatic rings. The highest BCUT2D eigenvalue weighted by atomic mass is 13.8. The third kappa shape index (κ3) is 4.43. The van der Waals surface area contributed by atoms with Gasteiger partial charge < -0.3 is 0 Å². The minimum absolute atomic E-state index is 1.09. The van der Waals surface area contributed by atoms with Crippen LogP contribution in [0.1, 0.15) is 13.8 Å². The molecule has 0 atom stereocenters. The number of hydrogen-bond donors (Lipinski definition) is 0. The highest BCUT2D eigenvalue weighted by Gasteiger charge is 1.93. The van der Waals surface area contributed by atoms with Gasteiger partial charge >= 0.3 is 0 Å². The summed E-state index contributed by atoms with van der Waals surface area (Å²) in [4.78, 5) is 0. The first-order valence-electron chi connectivity index (χ1n) is 3.67. The van der Waals surface area contributed by atoms with Crippen molar-refractivity contribution in [2.75, 3.05) is 0 Å². The fraction of sp³-hybridized carbons (Fsp3) is 0.200. The minimum atomic E-state index is 1.09. The van der Waals surface area contributed by atoms with Crippen molar-refractivity contribution in [2.24, 2.45) is 0 Å². The second kappa shape index (κ2) is 5.78. The molecule has 0 spiro atoms. The average molecular weight is 145 g/mol. The Labute approximate surface area is 70.3 Å². The fourth-order valence-corrected chi connectivity index (χ4v) is 0.657. The SMILES string of the molecule is C=C/C=C(/[B]/C(C)=C/C)C=C. The summed E-state index contributed by atoms with van der Waals surface area (Å²) in [5.74, 6) is 0. The van der Waals surface area contributed by atoms with Crippen LogP contribution in [-0.4, -0.2) is 7.28 Å². The molecule has 0 aliphatic heterocycles. The summed E-state index contributed by atoms with van der Waals surface area (Å²) in [7, 11) is 2.06. The Morgan fingerprint density at radius 1 is 1.36 bits per heavy atom. The molecule has 0 nitrogen and oxygen atoms in total. The van der Waals surface area contributed by atoms with Crippen molar-refractivity contribution in [3.8, 4) is 0 Å². The van der Waals surface area contributed by atoms with Crippen LogP contribution in [0, 0.1) is 0 Å². The largest absolute Gasteiger partial charge is 0.184 e. The van der Waals surface area contributed by atoms with Gasteiger partial charge in [0.05, 0.1) is 0 Å². The van der Waals surface area contributed by atoms with Gasteiger partial charge in [-0.2, -0.15) is 0 Å². The Morgan fingerprint density at radius 2 is 2.00 bits per heavy atom. The summed E-state index contributed by atoms with van der Waals surface area (Å²) < 4.78 is 0. The lowest BCUT2D eigenvalue weighted by Crippen LogP contribution is -1.94. The highest BCUT2D eigenvalue weighted by molar-refractivity contribution is 6.54. The molecule has 0 saturated heterocycles. The van der Waals surface area contributed by atoms with Crippen LogP contribution >= 0.6 is 0 Å². The molecule has 0 bridgehead atoms. The van der Waals surface area contributed by atoms with Gasteiger partial charge in [-0.1, -0.05) is 49.9 Å². The number of allylic oxidation sites excluding steroid dienone is 6. The minimum Gasteiger partial charge on any atom is -0.110 e. The van der Waals surface area contributed by atoms with Gasteiger partial charge in [-0.25, -0.2) is 0 Å². The number of rotatable bonds is 4. The fourth-order valence-electron chi connectivity index (χ4n) is 0.657. The van der Waals surface area contributed by atoms with E-state index in [4.69, 9.17) is 0 Å². The van der Waals surface area contributed by atoms with Gasteiger partial charge in [-0.3, -0.25) is 0 Å². The molecule has 0 N–H and O–H groups in total. The van der Waals surface area contributed by atoms with E-state index in [-0.39, 0.29) is 0 Å². The topological polar surface area (TPSA) is 0 Å². The van der Waals surface area contributed by atoms with E-state index in [1.807, 2.05) is 19.1 Å². The first-order chi connectivity index (χ1) is 5.24. The van der Waals surface area contributed by atoms with Crippen molar-refractivity contribution >= 4 is 7.28 Å². The zero-order chi connectivity index (χ0) is 8.69. The maximum atomic E-state index is 3.69. The molecule has 0 aliphatic carbocycles. The highest BCUT2D eigenvalue weighted by Crippen LogP contribution is 2.00. The molecule has 0 aliphatic rings. The summed E-state index contributed by atoms with van der Waals surface area (Å²) in [6.07, 6.45) is 7.56. The van der Waals surface area contributed by atoms with Gasteiger partial charge in [0.2, 0.25) is 0 Å². The molecule has 0 rings (SSSR count). The van der Waals surface area contributed by atoms with Gasteiger partial charge in [0, 0.05) is 0 Å². The predicted octanol–water partition coefficient (Wildman–Crippen LogP) is 2.87. The molecule has 1 heteroatoms. The smallest absolute Gasteiger partial charge is 0.110 e. The van der Waals surface area contributed by atoms with Crippen LogP contribution in [0.4, 0.5) is 0 Å². The van der Waals surface area contributed by atoms with Crippen LogP contribution in [0.5, 0.6) is 0 Å². The Kier molecular flexibility index (Phi) is 5.27. The molecular formula is C10H14B. The summed E-state index contributed by atoms with van der Waals surface area (Å²) in [5.41, 5.74) is 2.33. The molecule has 0 heterocycles. The molecular weight excluding hydrogens is 131 g/mol. The first-order valence-corrected chi connectivity index (χ1v) is 3.67. The Hall–Kier alpha value is -0.975. The second-order valence-electron chi connectivity index (χ2n) is 2.28. The van der Waals surface area contributed by atoms with E-state index in [0.29, 0.717) is 0 Å². The normalized spacial score (nSPS) is 12.5. The van der Waals surface area contributed by atoms with Gasteiger partial charge in [0.15, 0.2) is 7.28 Å². The van der Waals surface area contributed by atoms with Crippen molar-refractivity contribution in [2.45, 2.75) is 13.8 Å². The summed E-state index contributed by atoms with van der Waals surface area (Å²) in [6.45, 7) is 11.4. The van der Waals surface area contributed by atoms with Gasteiger partial charge in [0.1, 0.15) is 0 Å². The van der Waals surface area contributed by atoms with Crippen LogP contribution in [0.15, 0.2) is 48.4 Å². The molecule has 0 aromatic heterocycles. The molecule has 0 saturated carbocycles. The summed E-state index contributed by atoms with van der Waals surface area (Å²) >= 11 is 0. The Balaban J connectivity index is 4.20. The molecule has 57 valence electrons. The third-order valence-corrected chi connectivity index (χ3v) is 1.40. The van der Waals surface area contributed by atoms with E-state index in [9.17, 15) is 0 Å². The van der Waals surface area contributed by atoms with Crippen molar-refractivity contribution < 1.29 is 0 Å². The van der Waals surface area contributed by atoms with Crippen LogP contribution in [0.2, 0.25) is 0 Å². The van der Waals surface area contributed by atoms with Gasteiger partial charge in [-0.15, -0.1) is 5.47 Å². The monoisotopic (exact) mass is 145 g/mol. The first kappa shape index (κ1) is 10.0. The van der Waals surface area contributed by atoms with E-state index in [1.165, 1.54) is 5.47 Å². The standard InChI is InChI=1S/C10H14B/c1-5-8-10(7-3)11-9(4)6-2/h5-8H,1,3H2,2,4H3/b9-6+,10-8+. The maximum Gasteiger partial charge on any atom is 0.184 e. The lowest BCUT2D eigenvalue weighted by molar-refractivity contribution is 1.57. The van der Waals surface area contributed by atoms with Crippen molar-refractivity contribution in [3.63, 3.8) is 0 Å². The Morgan fingerprint density at radius 3 is 2.36 bits per heavy atom. The molecule has 0 fully saturated rings. The van der Waals surface area contributed by atoms with Gasteiger partial charge in [0.25, 0.3) is 0 Å². The maximum absolute atomic E-state index is 3.69. The van der Waals surface area contributed by atoms with Crippen LogP contribution < -0.4 is 0 Å². The van der Waals surface area contributed by atoms with E-state index in [1.54, 1.807) is 6.08 Å². The van der Waals surface area contributed by atoms with Crippen molar-refractivity contribution in [1.82, 2.24) is 0 Å². The van der Waals surface area contributed by atoms with E-state index >= 15 is 0 Å². The molecule has 0 amide bonds. The molecule has 1 radical (unpaired) electrons. The molecule has 11 heavy (non-hydrogen) atoms. The van der Waals surface area contributed by atoms with Gasteiger partial charge in [-0.05, 0) is 6.92 Å². The van der Waals surface area contributed by atoms with Crippen LogP contribution in [0.3, 0.4) is 0 Å². The Bertz CT molecular complexity index is 197. The second-order valence-corrected chi connectivity index (χ2v) is 2.28.